The third kappa shape index (κ3) is 4.36. The van der Waals surface area contributed by atoms with E-state index in [9.17, 15) is 9.18 Å². The molecule has 1 amide bonds. The lowest BCUT2D eigenvalue weighted by Gasteiger charge is -2.32. The van der Waals surface area contributed by atoms with Crippen molar-refractivity contribution in [2.75, 3.05) is 19.7 Å². The summed E-state index contributed by atoms with van der Waals surface area (Å²) < 4.78 is 20.1. The Bertz CT molecular complexity index is 1330. The first-order valence-electron chi connectivity index (χ1n) is 11.0. The van der Waals surface area contributed by atoms with Crippen LogP contribution in [0.3, 0.4) is 0 Å². The topological polar surface area (TPSA) is 71.1 Å². The summed E-state index contributed by atoms with van der Waals surface area (Å²) in [5.74, 6) is -0.347. The number of hydrogen-bond donors (Lipinski definition) is 1. The van der Waals surface area contributed by atoms with Crippen LogP contribution in [-0.4, -0.2) is 45.7 Å². The summed E-state index contributed by atoms with van der Waals surface area (Å²) in [4.78, 5) is 19.7. The molecule has 1 aliphatic heterocycles. The first-order valence-corrected chi connectivity index (χ1v) is 11.0. The van der Waals surface area contributed by atoms with Crippen LogP contribution in [0.1, 0.15) is 44.7 Å². The average Bonchev–Trinajstić information content (AvgIpc) is 3.23. The Morgan fingerprint density at radius 3 is 2.88 bits per heavy atom. The first kappa shape index (κ1) is 21.3. The zero-order valence-electron chi connectivity index (χ0n) is 18.6. The fourth-order valence-corrected chi connectivity index (χ4v) is 4.35. The van der Waals surface area contributed by atoms with E-state index >= 15 is 0 Å². The van der Waals surface area contributed by atoms with Gasteiger partial charge in [0.15, 0.2) is 5.69 Å². The van der Waals surface area contributed by atoms with Crippen LogP contribution in [0.25, 0.3) is 10.9 Å². The lowest BCUT2D eigenvalue weighted by Crippen LogP contribution is -2.42. The summed E-state index contributed by atoms with van der Waals surface area (Å²) in [6.45, 7) is 5.19. The van der Waals surface area contributed by atoms with E-state index < -0.39 is 0 Å². The van der Waals surface area contributed by atoms with Crippen molar-refractivity contribution in [1.82, 2.24) is 20.1 Å². The molecule has 0 unspecified atom stereocenters. The summed E-state index contributed by atoms with van der Waals surface area (Å²) in [5, 5.41) is 8.06. The van der Waals surface area contributed by atoms with Crippen LogP contribution in [0.2, 0.25) is 0 Å². The minimum Gasteiger partial charge on any atom is -0.368 e. The lowest BCUT2D eigenvalue weighted by atomic mass is 10.0. The molecule has 2 aromatic heterocycles. The van der Waals surface area contributed by atoms with Gasteiger partial charge in [0.05, 0.1) is 24.4 Å². The van der Waals surface area contributed by atoms with E-state index in [1.165, 1.54) is 6.07 Å². The van der Waals surface area contributed by atoms with Gasteiger partial charge in [-0.2, -0.15) is 5.10 Å². The molecular weight excluding hydrogens is 419 g/mol. The van der Waals surface area contributed by atoms with Gasteiger partial charge in [-0.3, -0.25) is 14.9 Å². The van der Waals surface area contributed by atoms with Crippen LogP contribution >= 0.6 is 0 Å². The van der Waals surface area contributed by atoms with E-state index in [1.54, 1.807) is 17.0 Å². The zero-order chi connectivity index (χ0) is 22.9. The van der Waals surface area contributed by atoms with Crippen molar-refractivity contribution in [1.29, 1.82) is 0 Å². The first-order chi connectivity index (χ1) is 16.0. The van der Waals surface area contributed by atoms with Crippen LogP contribution < -0.4 is 0 Å². The summed E-state index contributed by atoms with van der Waals surface area (Å²) in [6.07, 6.45) is 0.116. The molecule has 168 valence electrons. The molecule has 2 aromatic carbocycles. The fraction of sp³-hybridized carbons (Fsp3) is 0.269. The molecule has 1 atom stereocenters. The van der Waals surface area contributed by atoms with Gasteiger partial charge in [0.2, 0.25) is 0 Å². The Kier molecular flexibility index (Phi) is 5.64. The Balaban J connectivity index is 1.38. The number of hydrogen-bond acceptors (Lipinski definition) is 4. The highest BCUT2D eigenvalue weighted by Gasteiger charge is 2.29. The molecular formula is C26H25FN4O2. The Morgan fingerprint density at radius 2 is 2.03 bits per heavy atom. The lowest BCUT2D eigenvalue weighted by molar-refractivity contribution is -0.0249. The molecule has 5 rings (SSSR count). The molecule has 3 heterocycles. The van der Waals surface area contributed by atoms with E-state index in [4.69, 9.17) is 4.74 Å². The van der Waals surface area contributed by atoms with E-state index in [-0.39, 0.29) is 17.8 Å². The summed E-state index contributed by atoms with van der Waals surface area (Å²) >= 11 is 0. The molecule has 0 saturated carbocycles. The number of nitrogens with one attached hydrogen (secondary N) is 1. The second-order valence-electron chi connectivity index (χ2n) is 8.54. The molecule has 33 heavy (non-hydrogen) atoms. The number of benzene rings is 2. The number of nitrogens with zero attached hydrogens (tertiary/aromatic N) is 3. The smallest absolute Gasteiger partial charge is 0.275 e. The maximum Gasteiger partial charge on any atom is 0.275 e. The van der Waals surface area contributed by atoms with Crippen molar-refractivity contribution in [2.45, 2.75) is 26.4 Å². The molecule has 4 aromatic rings. The summed E-state index contributed by atoms with van der Waals surface area (Å²) in [6, 6.07) is 16.6. The van der Waals surface area contributed by atoms with Gasteiger partial charge >= 0.3 is 0 Å². The third-order valence-electron chi connectivity index (χ3n) is 5.99. The third-order valence-corrected chi connectivity index (χ3v) is 5.99. The second-order valence-corrected chi connectivity index (χ2v) is 8.54. The maximum absolute atomic E-state index is 14.1. The maximum atomic E-state index is 14.1. The number of fused-ring (bicyclic) bond motifs is 1. The molecule has 0 radical (unpaired) electrons. The quantitative estimate of drug-likeness (QED) is 0.503. The fourth-order valence-electron chi connectivity index (χ4n) is 4.35. The number of pyridine rings is 1. The predicted octanol–water partition coefficient (Wildman–Crippen LogP) is 4.52. The molecule has 1 saturated heterocycles. The highest BCUT2D eigenvalue weighted by molar-refractivity contribution is 6.04. The Labute approximate surface area is 191 Å². The summed E-state index contributed by atoms with van der Waals surface area (Å²) in [5.41, 5.74) is 5.52. The highest BCUT2D eigenvalue weighted by atomic mass is 19.1. The van der Waals surface area contributed by atoms with Crippen LogP contribution in [-0.2, 0) is 11.2 Å². The molecule has 1 N–H and O–H groups in total. The van der Waals surface area contributed by atoms with E-state index in [1.807, 2.05) is 50.2 Å². The molecule has 1 aliphatic rings. The molecule has 1 fully saturated rings. The van der Waals surface area contributed by atoms with Crippen LogP contribution in [0.15, 0.2) is 54.6 Å². The molecule has 0 aliphatic carbocycles. The number of amides is 1. The molecule has 6 nitrogen and oxygen atoms in total. The van der Waals surface area contributed by atoms with E-state index in [2.05, 4.69) is 15.2 Å². The van der Waals surface area contributed by atoms with E-state index in [0.717, 1.165) is 33.4 Å². The highest BCUT2D eigenvalue weighted by Crippen LogP contribution is 2.26. The van der Waals surface area contributed by atoms with Crippen molar-refractivity contribution in [2.24, 2.45) is 0 Å². The summed E-state index contributed by atoms with van der Waals surface area (Å²) in [7, 11) is 0. The van der Waals surface area contributed by atoms with Crippen molar-refractivity contribution in [3.63, 3.8) is 0 Å². The minimum atomic E-state index is -0.353. The predicted molar refractivity (Wildman–Crippen MR) is 124 cm³/mol. The van der Waals surface area contributed by atoms with Gasteiger partial charge < -0.3 is 9.64 Å². The van der Waals surface area contributed by atoms with Gasteiger partial charge in [0.25, 0.3) is 5.91 Å². The number of rotatable bonds is 4. The minimum absolute atomic E-state index is 0.126. The normalized spacial score (nSPS) is 16.3. The number of aromatic nitrogens is 3. The van der Waals surface area contributed by atoms with Gasteiger partial charge in [-0.1, -0.05) is 29.8 Å². The van der Waals surface area contributed by atoms with Crippen LogP contribution in [0.4, 0.5) is 4.39 Å². The van der Waals surface area contributed by atoms with E-state index in [0.29, 0.717) is 37.4 Å². The standard InChI is InChI=1S/C26H25FN4O2/c1-16-7-8-22-20(11-16)25(30-29-22)26(32)31-9-10-33-24(15-31)23-14-18(12-17(2)28-23)13-19-5-3-4-6-21(19)27/h3-8,11-12,14,24H,9-10,13,15H2,1-2H3,(H,29,30)/t24-/m0/s1. The van der Waals surface area contributed by atoms with Gasteiger partial charge in [-0.15, -0.1) is 0 Å². The van der Waals surface area contributed by atoms with Gasteiger partial charge in [0.1, 0.15) is 11.9 Å². The number of ether oxygens (including phenoxy) is 1. The van der Waals surface area contributed by atoms with Crippen LogP contribution in [0, 0.1) is 19.7 Å². The number of carbonyl (C=O) groups is 1. The van der Waals surface area contributed by atoms with Gasteiger partial charge in [-0.25, -0.2) is 4.39 Å². The Morgan fingerprint density at radius 1 is 1.18 bits per heavy atom. The van der Waals surface area contributed by atoms with Gasteiger partial charge in [0, 0.05) is 24.0 Å². The van der Waals surface area contributed by atoms with Crippen molar-refractivity contribution >= 4 is 16.8 Å². The second kappa shape index (κ2) is 8.75. The molecule has 0 bridgehead atoms. The van der Waals surface area contributed by atoms with Gasteiger partial charge in [-0.05, 0) is 55.3 Å². The average molecular weight is 445 g/mol. The number of morpholine rings is 1. The molecule has 7 heteroatoms. The van der Waals surface area contributed by atoms with Crippen LogP contribution in [0.5, 0.6) is 0 Å². The number of carbonyl (C=O) groups excluding carboxylic acids is 1. The van der Waals surface area contributed by atoms with Crippen molar-refractivity contribution in [3.8, 4) is 0 Å². The monoisotopic (exact) mass is 444 g/mol. The SMILES string of the molecule is Cc1ccc2[nH]nc(C(=O)N3CCO[C@H](c4cc(Cc5ccccc5F)cc(C)n4)C3)c2c1. The number of H-pyrrole nitrogens is 1. The molecule has 0 spiro atoms. The zero-order valence-corrected chi connectivity index (χ0v) is 18.6. The van der Waals surface area contributed by atoms with Crippen molar-refractivity contribution < 1.29 is 13.9 Å². The Hall–Kier alpha value is -3.58. The largest absolute Gasteiger partial charge is 0.368 e. The number of aryl methyl sites for hydroxylation is 2. The number of halogens is 1. The van der Waals surface area contributed by atoms with Crippen molar-refractivity contribution in [3.05, 3.63) is 94.2 Å². The number of aromatic amines is 1.